The van der Waals surface area contributed by atoms with Crippen LogP contribution in [0.25, 0.3) is 0 Å². The number of phosphoric ester groups is 1. The van der Waals surface area contributed by atoms with Gasteiger partial charge in [-0.15, -0.1) is 0 Å². The first-order chi connectivity index (χ1) is 32.2. The van der Waals surface area contributed by atoms with Crippen molar-refractivity contribution in [3.8, 4) is 0 Å². The third kappa shape index (κ3) is 45.3. The molecule has 374 valence electrons. The first-order valence-corrected chi connectivity index (χ1v) is 26.3. The largest absolute Gasteiger partial charge is 0.472 e. The number of aliphatic hydroxyl groups is 1. The second-order valence-electron chi connectivity index (χ2n) is 15.9. The molecule has 12 heteroatoms. The van der Waals surface area contributed by atoms with Gasteiger partial charge < -0.3 is 24.2 Å². The van der Waals surface area contributed by atoms with E-state index in [-0.39, 0.29) is 19.3 Å². The standard InChI is InChI=1S/C54H87O11P/c1-4-7-10-13-16-19-22-24-25-27-29-31-34-37-40-43-52(56)61-47-51(65-54(58)45-42-39-36-33-30-26-23-20-17-14-11-8-5-2)49-63-66(59,60)62-48-50(46-55)64-53(57)44-41-38-35-32-28-21-18-15-12-9-6-3/h7-8,10-11,16-17,19-20,24-26,29-31,36-37,39-40,50-51,55H,4-6,9,12-15,18,21-23,27-28,32-35,38,41-49H2,1-3H3,(H,59,60)/b10-7-,11-8-,19-16-,20-17-,25-24-,30-26-,31-29-,39-36-,40-37-. The predicted molar refractivity (Wildman–Crippen MR) is 270 cm³/mol. The molecule has 0 heterocycles. The number of hydrogen-bond donors (Lipinski definition) is 2. The summed E-state index contributed by atoms with van der Waals surface area (Å²) in [6.45, 7) is 4.17. The lowest BCUT2D eigenvalue weighted by Crippen LogP contribution is -2.30. The molecule has 0 bridgehead atoms. The summed E-state index contributed by atoms with van der Waals surface area (Å²) in [6.07, 6.45) is 55.4. The van der Waals surface area contributed by atoms with Crippen LogP contribution < -0.4 is 0 Å². The Labute approximate surface area is 399 Å². The van der Waals surface area contributed by atoms with Crippen LogP contribution in [-0.4, -0.2) is 66.5 Å². The molecule has 0 amide bonds. The molecule has 0 radical (unpaired) electrons. The van der Waals surface area contributed by atoms with E-state index in [4.69, 9.17) is 23.3 Å². The zero-order valence-corrected chi connectivity index (χ0v) is 41.8. The third-order valence-electron chi connectivity index (χ3n) is 9.74. The van der Waals surface area contributed by atoms with Crippen LogP contribution in [0.3, 0.4) is 0 Å². The maximum absolute atomic E-state index is 12.8. The van der Waals surface area contributed by atoms with Crippen LogP contribution in [0, 0.1) is 0 Å². The van der Waals surface area contributed by atoms with Crippen LogP contribution in [-0.2, 0) is 42.2 Å². The molecule has 0 aromatic carbocycles. The Morgan fingerprint density at radius 2 is 0.833 bits per heavy atom. The highest BCUT2D eigenvalue weighted by Gasteiger charge is 2.28. The molecular weight excluding hydrogens is 856 g/mol. The second-order valence-corrected chi connectivity index (χ2v) is 17.3. The van der Waals surface area contributed by atoms with Crippen LogP contribution in [0.15, 0.2) is 109 Å². The Kier molecular flexibility index (Phi) is 44.8. The van der Waals surface area contributed by atoms with Crippen molar-refractivity contribution >= 4 is 25.7 Å². The molecule has 2 N–H and O–H groups in total. The monoisotopic (exact) mass is 943 g/mol. The average Bonchev–Trinajstić information content (AvgIpc) is 3.30. The molecule has 3 unspecified atom stereocenters. The Bertz CT molecular complexity index is 1520. The van der Waals surface area contributed by atoms with E-state index in [2.05, 4.69) is 87.6 Å². The lowest BCUT2D eigenvalue weighted by molar-refractivity contribution is -0.160. The quantitative estimate of drug-likeness (QED) is 0.0197. The molecule has 0 aliphatic heterocycles. The zero-order chi connectivity index (χ0) is 48.4. The van der Waals surface area contributed by atoms with E-state index in [0.29, 0.717) is 25.7 Å². The Morgan fingerprint density at radius 1 is 0.455 bits per heavy atom. The summed E-state index contributed by atoms with van der Waals surface area (Å²) < 4.78 is 39.0. The maximum Gasteiger partial charge on any atom is 0.472 e. The topological polar surface area (TPSA) is 155 Å². The number of carbonyl (C=O) groups excluding carboxylic acids is 3. The van der Waals surface area contributed by atoms with Gasteiger partial charge in [-0.2, -0.15) is 0 Å². The van der Waals surface area contributed by atoms with E-state index in [0.717, 1.165) is 64.2 Å². The molecule has 0 aromatic heterocycles. The molecule has 0 fully saturated rings. The summed E-state index contributed by atoms with van der Waals surface area (Å²) in [4.78, 5) is 48.1. The first-order valence-electron chi connectivity index (χ1n) is 24.8. The molecule has 0 aliphatic rings. The maximum atomic E-state index is 12.8. The van der Waals surface area contributed by atoms with Crippen molar-refractivity contribution in [2.45, 2.75) is 187 Å². The van der Waals surface area contributed by atoms with Crippen molar-refractivity contribution in [3.63, 3.8) is 0 Å². The van der Waals surface area contributed by atoms with Gasteiger partial charge in [0, 0.05) is 12.8 Å². The third-order valence-corrected chi connectivity index (χ3v) is 10.7. The van der Waals surface area contributed by atoms with Gasteiger partial charge in [0.2, 0.25) is 0 Å². The summed E-state index contributed by atoms with van der Waals surface area (Å²) in [5, 5.41) is 9.75. The number of phosphoric acid groups is 1. The van der Waals surface area contributed by atoms with Gasteiger partial charge in [0.05, 0.1) is 26.2 Å². The van der Waals surface area contributed by atoms with Gasteiger partial charge in [0.25, 0.3) is 0 Å². The first kappa shape index (κ1) is 62.1. The van der Waals surface area contributed by atoms with E-state index in [1.54, 1.807) is 6.08 Å². The van der Waals surface area contributed by atoms with Crippen LogP contribution >= 0.6 is 7.82 Å². The fourth-order valence-electron chi connectivity index (χ4n) is 6.03. The number of ether oxygens (including phenoxy) is 3. The van der Waals surface area contributed by atoms with E-state index in [9.17, 15) is 28.9 Å². The number of rotatable bonds is 44. The summed E-state index contributed by atoms with van der Waals surface area (Å²) in [6, 6.07) is 0. The molecule has 0 aliphatic carbocycles. The summed E-state index contributed by atoms with van der Waals surface area (Å²) >= 11 is 0. The van der Waals surface area contributed by atoms with Crippen molar-refractivity contribution in [2.24, 2.45) is 0 Å². The van der Waals surface area contributed by atoms with Crippen molar-refractivity contribution in [1.29, 1.82) is 0 Å². The van der Waals surface area contributed by atoms with Crippen LogP contribution in [0.5, 0.6) is 0 Å². The van der Waals surface area contributed by atoms with Gasteiger partial charge in [0.15, 0.2) is 6.10 Å². The molecule has 0 aromatic rings. The van der Waals surface area contributed by atoms with E-state index < -0.39 is 64.4 Å². The number of aliphatic hydroxyl groups excluding tert-OH is 1. The van der Waals surface area contributed by atoms with Crippen LogP contribution in [0.2, 0.25) is 0 Å². The lowest BCUT2D eigenvalue weighted by atomic mass is 10.1. The normalized spacial score (nSPS) is 14.4. The molecule has 3 atom stereocenters. The second kappa shape index (κ2) is 47.6. The van der Waals surface area contributed by atoms with Gasteiger partial charge in [-0.3, -0.25) is 23.4 Å². The van der Waals surface area contributed by atoms with Gasteiger partial charge in [-0.05, 0) is 70.6 Å². The summed E-state index contributed by atoms with van der Waals surface area (Å²) in [7, 11) is -4.78. The van der Waals surface area contributed by atoms with Gasteiger partial charge in [-0.25, -0.2) is 4.57 Å². The molecule has 0 saturated carbocycles. The summed E-state index contributed by atoms with van der Waals surface area (Å²) in [5.41, 5.74) is 0. The molecule has 11 nitrogen and oxygen atoms in total. The van der Waals surface area contributed by atoms with Crippen molar-refractivity contribution in [3.05, 3.63) is 109 Å². The number of hydrogen-bond acceptors (Lipinski definition) is 10. The van der Waals surface area contributed by atoms with Gasteiger partial charge >= 0.3 is 25.7 Å². The molecule has 0 saturated heterocycles. The highest BCUT2D eigenvalue weighted by molar-refractivity contribution is 7.47. The molecule has 66 heavy (non-hydrogen) atoms. The minimum Gasteiger partial charge on any atom is -0.461 e. The number of unbranched alkanes of at least 4 members (excludes halogenated alkanes) is 10. The Balaban J connectivity index is 4.97. The van der Waals surface area contributed by atoms with Gasteiger partial charge in [-0.1, -0.05) is 194 Å². The number of allylic oxidation sites excluding steroid dienone is 17. The van der Waals surface area contributed by atoms with Gasteiger partial charge in [0.1, 0.15) is 12.7 Å². The van der Waals surface area contributed by atoms with Crippen molar-refractivity contribution < 1.29 is 52.2 Å². The Hall–Kier alpha value is -3.86. The van der Waals surface area contributed by atoms with Crippen molar-refractivity contribution in [1.82, 2.24) is 0 Å². The predicted octanol–water partition coefficient (Wildman–Crippen LogP) is 13.9. The average molecular weight is 943 g/mol. The van der Waals surface area contributed by atoms with E-state index in [1.807, 2.05) is 36.5 Å². The van der Waals surface area contributed by atoms with Crippen LogP contribution in [0.4, 0.5) is 0 Å². The Morgan fingerprint density at radius 3 is 1.29 bits per heavy atom. The molecule has 0 rings (SSSR count). The molecular formula is C54H87O11P. The summed E-state index contributed by atoms with van der Waals surface area (Å²) in [5.74, 6) is -1.73. The smallest absolute Gasteiger partial charge is 0.461 e. The highest BCUT2D eigenvalue weighted by atomic mass is 31.2. The minimum atomic E-state index is -4.78. The fourth-order valence-corrected chi connectivity index (χ4v) is 6.81. The van der Waals surface area contributed by atoms with E-state index >= 15 is 0 Å². The van der Waals surface area contributed by atoms with E-state index in [1.165, 1.54) is 44.9 Å². The number of carbonyl (C=O) groups is 3. The minimum absolute atomic E-state index is 0.0226. The van der Waals surface area contributed by atoms with Crippen molar-refractivity contribution in [2.75, 3.05) is 26.4 Å². The van der Waals surface area contributed by atoms with Crippen LogP contribution in [0.1, 0.15) is 175 Å². The fraction of sp³-hybridized carbons (Fsp3) is 0.611. The lowest BCUT2D eigenvalue weighted by Gasteiger charge is -2.21. The zero-order valence-electron chi connectivity index (χ0n) is 40.9. The molecule has 0 spiro atoms. The number of esters is 3. The highest BCUT2D eigenvalue weighted by Crippen LogP contribution is 2.43. The SMILES string of the molecule is CC/C=C\C/C=C\C/C=C\C/C=C\C/C=C\CC(=O)OCC(COP(=O)(O)OCC(CO)OC(=O)CCCCCCCCCCCCC)OC(=O)CC/C=C\C/C=C\C/C=C\C/C=C\CC.